The van der Waals surface area contributed by atoms with Crippen molar-refractivity contribution in [3.63, 3.8) is 0 Å². The lowest BCUT2D eigenvalue weighted by Crippen LogP contribution is -2.46. The quantitative estimate of drug-likeness (QED) is 0.401. The third kappa shape index (κ3) is 4.41. The van der Waals surface area contributed by atoms with E-state index in [1.807, 2.05) is 36.5 Å². The zero-order valence-corrected chi connectivity index (χ0v) is 17.4. The highest BCUT2D eigenvalue weighted by molar-refractivity contribution is 5.89. The number of hydrogen-bond donors (Lipinski definition) is 0. The molecule has 4 rings (SSSR count). The number of carbonyl (C=O) groups excluding carboxylic acids is 1. The Bertz CT molecular complexity index is 979. The Morgan fingerprint density at radius 1 is 1.03 bits per heavy atom. The molecule has 3 aromatic rings. The third-order valence-electron chi connectivity index (χ3n) is 5.57. The van der Waals surface area contributed by atoms with Gasteiger partial charge in [0.05, 0.1) is 24.9 Å². The molecule has 158 valence electrons. The summed E-state index contributed by atoms with van der Waals surface area (Å²) in [6.07, 6.45) is 4.62. The molecule has 30 heavy (non-hydrogen) atoms. The lowest BCUT2D eigenvalue weighted by atomic mass is 10.2. The molecule has 1 aromatic carbocycles. The molecular formula is C23H28N4O3. The predicted octanol–water partition coefficient (Wildman–Crippen LogP) is 3.14. The summed E-state index contributed by atoms with van der Waals surface area (Å²) in [5.41, 5.74) is 2.46. The molecule has 0 N–H and O–H groups in total. The number of unbranched alkanes of at least 4 members (excludes halogenated alkanes) is 1. The van der Waals surface area contributed by atoms with Crippen molar-refractivity contribution in [1.29, 1.82) is 0 Å². The maximum absolute atomic E-state index is 11.4. The molecule has 0 radical (unpaired) electrons. The van der Waals surface area contributed by atoms with Crippen molar-refractivity contribution in [2.75, 3.05) is 51.3 Å². The SMILES string of the molecule is COc1ccccc1N1CCN(CCCCOc2nn3ccccc3c2C=O)CC1. The second-order valence-electron chi connectivity index (χ2n) is 7.42. The van der Waals surface area contributed by atoms with Crippen LogP contribution in [0.15, 0.2) is 48.7 Å². The Kier molecular flexibility index (Phi) is 6.49. The van der Waals surface area contributed by atoms with Gasteiger partial charge in [-0.1, -0.05) is 18.2 Å². The fourth-order valence-corrected chi connectivity index (χ4v) is 3.92. The van der Waals surface area contributed by atoms with E-state index in [1.54, 1.807) is 11.6 Å². The van der Waals surface area contributed by atoms with E-state index in [-0.39, 0.29) is 0 Å². The van der Waals surface area contributed by atoms with Crippen LogP contribution in [0.4, 0.5) is 5.69 Å². The van der Waals surface area contributed by atoms with Crippen molar-refractivity contribution in [3.05, 3.63) is 54.2 Å². The molecule has 1 fully saturated rings. The van der Waals surface area contributed by atoms with Crippen LogP contribution in [0.1, 0.15) is 23.2 Å². The van der Waals surface area contributed by atoms with Gasteiger partial charge in [0.2, 0.25) is 5.88 Å². The minimum Gasteiger partial charge on any atom is -0.495 e. The zero-order valence-electron chi connectivity index (χ0n) is 17.4. The van der Waals surface area contributed by atoms with Crippen LogP contribution in [0.25, 0.3) is 5.52 Å². The van der Waals surface area contributed by atoms with E-state index >= 15 is 0 Å². The molecule has 0 atom stereocenters. The number of carbonyl (C=O) groups is 1. The van der Waals surface area contributed by atoms with Crippen LogP contribution in [0, 0.1) is 0 Å². The first-order chi connectivity index (χ1) is 14.8. The van der Waals surface area contributed by atoms with Gasteiger partial charge in [-0.3, -0.25) is 9.69 Å². The summed E-state index contributed by atoms with van der Waals surface area (Å²) in [7, 11) is 1.72. The van der Waals surface area contributed by atoms with E-state index in [9.17, 15) is 4.79 Å². The van der Waals surface area contributed by atoms with Crippen LogP contribution < -0.4 is 14.4 Å². The normalized spacial score (nSPS) is 14.8. The maximum atomic E-state index is 11.4. The number of piperazine rings is 1. The van der Waals surface area contributed by atoms with Gasteiger partial charge in [0.25, 0.3) is 0 Å². The fraction of sp³-hybridized carbons (Fsp3) is 0.391. The average Bonchev–Trinajstić information content (AvgIpc) is 3.16. The first-order valence-corrected chi connectivity index (χ1v) is 10.5. The Labute approximate surface area is 176 Å². The molecule has 0 spiro atoms. The molecule has 0 unspecified atom stereocenters. The van der Waals surface area contributed by atoms with Gasteiger partial charge < -0.3 is 14.4 Å². The molecular weight excluding hydrogens is 380 g/mol. The summed E-state index contributed by atoms with van der Waals surface area (Å²) < 4.78 is 13.0. The predicted molar refractivity (Wildman–Crippen MR) is 117 cm³/mol. The highest BCUT2D eigenvalue weighted by atomic mass is 16.5. The standard InChI is InChI=1S/C23H28N4O3/c1-29-22-10-3-2-9-21(22)26-15-13-25(14-16-26)11-6-7-17-30-23-19(18-28)20-8-4-5-12-27(20)24-23/h2-5,8-10,12,18H,6-7,11,13-17H2,1H3. The zero-order chi connectivity index (χ0) is 20.8. The number of pyridine rings is 1. The van der Waals surface area contributed by atoms with Crippen molar-refractivity contribution >= 4 is 17.5 Å². The number of methoxy groups -OCH3 is 1. The summed E-state index contributed by atoms with van der Waals surface area (Å²) in [4.78, 5) is 16.3. The van der Waals surface area contributed by atoms with Crippen molar-refractivity contribution < 1.29 is 14.3 Å². The van der Waals surface area contributed by atoms with E-state index in [0.717, 1.165) is 63.1 Å². The largest absolute Gasteiger partial charge is 0.495 e. The number of hydrogen-bond acceptors (Lipinski definition) is 6. The second-order valence-corrected chi connectivity index (χ2v) is 7.42. The van der Waals surface area contributed by atoms with Gasteiger partial charge in [-0.2, -0.15) is 0 Å². The number of rotatable bonds is 9. The van der Waals surface area contributed by atoms with E-state index < -0.39 is 0 Å². The highest BCUT2D eigenvalue weighted by Crippen LogP contribution is 2.28. The summed E-state index contributed by atoms with van der Waals surface area (Å²) in [5, 5.41) is 4.36. The minimum absolute atomic E-state index is 0.418. The van der Waals surface area contributed by atoms with Gasteiger partial charge in [0.15, 0.2) is 6.29 Å². The maximum Gasteiger partial charge on any atom is 0.244 e. The molecule has 1 saturated heterocycles. The summed E-state index contributed by atoms with van der Waals surface area (Å²) >= 11 is 0. The number of ether oxygens (including phenoxy) is 2. The Hall–Kier alpha value is -3.06. The number of fused-ring (bicyclic) bond motifs is 1. The minimum atomic E-state index is 0.418. The van der Waals surface area contributed by atoms with Crippen LogP contribution in [0.2, 0.25) is 0 Å². The van der Waals surface area contributed by atoms with Crippen molar-refractivity contribution in [1.82, 2.24) is 14.5 Å². The molecule has 0 saturated carbocycles. The van der Waals surface area contributed by atoms with Crippen molar-refractivity contribution in [2.45, 2.75) is 12.8 Å². The molecule has 1 aliphatic rings. The van der Waals surface area contributed by atoms with Gasteiger partial charge in [-0.05, 0) is 43.7 Å². The number of aldehydes is 1. The fourth-order valence-electron chi connectivity index (χ4n) is 3.92. The second kappa shape index (κ2) is 9.63. The number of para-hydroxylation sites is 2. The summed E-state index contributed by atoms with van der Waals surface area (Å²) in [6, 6.07) is 13.8. The number of benzene rings is 1. The third-order valence-corrected chi connectivity index (χ3v) is 5.57. The van der Waals surface area contributed by atoms with Crippen molar-refractivity contribution in [3.8, 4) is 11.6 Å². The average molecular weight is 409 g/mol. The number of nitrogens with zero attached hydrogens (tertiary/aromatic N) is 4. The summed E-state index contributed by atoms with van der Waals surface area (Å²) in [5.74, 6) is 1.35. The van der Waals surface area contributed by atoms with E-state index in [0.29, 0.717) is 18.1 Å². The monoisotopic (exact) mass is 408 g/mol. The van der Waals surface area contributed by atoms with Crippen LogP contribution >= 0.6 is 0 Å². The lowest BCUT2D eigenvalue weighted by Gasteiger charge is -2.36. The Balaban J connectivity index is 1.20. The van der Waals surface area contributed by atoms with Gasteiger partial charge in [-0.25, -0.2) is 4.52 Å². The summed E-state index contributed by atoms with van der Waals surface area (Å²) in [6.45, 7) is 5.70. The van der Waals surface area contributed by atoms with Crippen LogP contribution in [0.3, 0.4) is 0 Å². The molecule has 7 nitrogen and oxygen atoms in total. The Morgan fingerprint density at radius 3 is 2.63 bits per heavy atom. The lowest BCUT2D eigenvalue weighted by molar-refractivity contribution is 0.112. The molecule has 3 heterocycles. The van der Waals surface area contributed by atoms with E-state index in [1.165, 1.54) is 5.69 Å². The highest BCUT2D eigenvalue weighted by Gasteiger charge is 2.19. The van der Waals surface area contributed by atoms with Gasteiger partial charge in [0, 0.05) is 32.4 Å². The molecule has 0 bridgehead atoms. The molecule has 0 aliphatic carbocycles. The van der Waals surface area contributed by atoms with Crippen LogP contribution in [-0.2, 0) is 0 Å². The van der Waals surface area contributed by atoms with Crippen LogP contribution in [0.5, 0.6) is 11.6 Å². The Morgan fingerprint density at radius 2 is 1.83 bits per heavy atom. The van der Waals surface area contributed by atoms with Gasteiger partial charge in [-0.15, -0.1) is 5.10 Å². The van der Waals surface area contributed by atoms with E-state index in [4.69, 9.17) is 9.47 Å². The van der Waals surface area contributed by atoms with Crippen LogP contribution in [-0.4, -0.2) is 67.2 Å². The van der Waals surface area contributed by atoms with Gasteiger partial charge >= 0.3 is 0 Å². The first kappa shape index (κ1) is 20.2. The molecule has 2 aromatic heterocycles. The van der Waals surface area contributed by atoms with Gasteiger partial charge in [0.1, 0.15) is 11.3 Å². The topological polar surface area (TPSA) is 59.3 Å². The smallest absolute Gasteiger partial charge is 0.244 e. The number of anilines is 1. The first-order valence-electron chi connectivity index (χ1n) is 10.5. The number of aromatic nitrogens is 2. The van der Waals surface area contributed by atoms with E-state index in [2.05, 4.69) is 27.0 Å². The molecule has 1 aliphatic heterocycles. The molecule has 0 amide bonds. The molecule has 7 heteroatoms. The van der Waals surface area contributed by atoms with Crippen molar-refractivity contribution in [2.24, 2.45) is 0 Å².